The van der Waals surface area contributed by atoms with E-state index in [1.54, 1.807) is 12.1 Å². The molecule has 1 aromatic rings. The molecule has 0 aliphatic heterocycles. The average molecular weight is 365 g/mol. The van der Waals surface area contributed by atoms with Crippen molar-refractivity contribution < 1.29 is 4.79 Å². The summed E-state index contributed by atoms with van der Waals surface area (Å²) in [7, 11) is 0. The van der Waals surface area contributed by atoms with Crippen LogP contribution in [0.2, 0.25) is 5.02 Å². The molecule has 0 aromatic heterocycles. The summed E-state index contributed by atoms with van der Waals surface area (Å²) in [6, 6.07) is 5.41. The van der Waals surface area contributed by atoms with Gasteiger partial charge < -0.3 is 11.1 Å². The van der Waals surface area contributed by atoms with Crippen LogP contribution < -0.4 is 11.1 Å². The first-order valence-electron chi connectivity index (χ1n) is 5.58. The molecule has 1 aliphatic carbocycles. The number of rotatable bonds is 4. The molecule has 0 bridgehead atoms. The number of halogens is 2. The first-order chi connectivity index (χ1) is 8.11. The van der Waals surface area contributed by atoms with Gasteiger partial charge in [0.2, 0.25) is 0 Å². The molecule has 2 rings (SSSR count). The normalized spacial score (nSPS) is 16.6. The summed E-state index contributed by atoms with van der Waals surface area (Å²) in [5.74, 6) is 0.467. The van der Waals surface area contributed by atoms with E-state index in [-0.39, 0.29) is 11.9 Å². The summed E-state index contributed by atoms with van der Waals surface area (Å²) in [6.45, 7) is 0.495. The molecule has 5 heteroatoms. The molecule has 1 fully saturated rings. The summed E-state index contributed by atoms with van der Waals surface area (Å²) in [4.78, 5) is 12.0. The second-order valence-corrected chi connectivity index (χ2v) is 5.85. The summed E-state index contributed by atoms with van der Waals surface area (Å²) >= 11 is 8.13. The highest BCUT2D eigenvalue weighted by Gasteiger charge is 2.31. The lowest BCUT2D eigenvalue weighted by Crippen LogP contribution is -2.41. The summed E-state index contributed by atoms with van der Waals surface area (Å²) in [5, 5.41) is 3.57. The van der Waals surface area contributed by atoms with Crippen LogP contribution in [0.5, 0.6) is 0 Å². The monoisotopic (exact) mass is 364 g/mol. The molecule has 1 aliphatic rings. The molecule has 1 aromatic carbocycles. The Kier molecular flexibility index (Phi) is 4.27. The highest BCUT2D eigenvalue weighted by molar-refractivity contribution is 14.1. The fourth-order valence-corrected chi connectivity index (χ4v) is 2.27. The number of carbonyl (C=O) groups is 1. The predicted molar refractivity (Wildman–Crippen MR) is 77.2 cm³/mol. The lowest BCUT2D eigenvalue weighted by atomic mass is 10.1. The number of benzene rings is 1. The van der Waals surface area contributed by atoms with Crippen molar-refractivity contribution in [2.45, 2.75) is 18.9 Å². The summed E-state index contributed by atoms with van der Waals surface area (Å²) in [5.41, 5.74) is 6.24. The third-order valence-corrected chi connectivity index (χ3v) is 4.52. The first-order valence-corrected chi connectivity index (χ1v) is 7.03. The zero-order valence-corrected chi connectivity index (χ0v) is 12.2. The number of carbonyl (C=O) groups excluding carboxylic acids is 1. The van der Waals surface area contributed by atoms with Gasteiger partial charge in [0.25, 0.3) is 5.91 Å². The van der Waals surface area contributed by atoms with E-state index in [2.05, 4.69) is 27.9 Å². The van der Waals surface area contributed by atoms with Crippen LogP contribution in [-0.2, 0) is 0 Å². The Labute approximate surface area is 119 Å². The number of hydrogen-bond donors (Lipinski definition) is 2. The summed E-state index contributed by atoms with van der Waals surface area (Å²) in [6.07, 6.45) is 2.32. The molecule has 17 heavy (non-hydrogen) atoms. The number of amides is 1. The van der Waals surface area contributed by atoms with Crippen molar-refractivity contribution in [2.75, 3.05) is 6.54 Å². The van der Waals surface area contributed by atoms with Crippen LogP contribution in [0.1, 0.15) is 23.2 Å². The van der Waals surface area contributed by atoms with Gasteiger partial charge in [-0.05, 0) is 59.5 Å². The Morgan fingerprint density at radius 2 is 2.29 bits per heavy atom. The Hall–Kier alpha value is -0.330. The first kappa shape index (κ1) is 13.1. The largest absolute Gasteiger partial charge is 0.348 e. The molecular formula is C12H14ClIN2O. The zero-order chi connectivity index (χ0) is 12.4. The average Bonchev–Trinajstić information content (AvgIpc) is 3.13. The smallest absolute Gasteiger partial charge is 0.251 e. The maximum atomic E-state index is 12.0. The van der Waals surface area contributed by atoms with E-state index in [4.69, 9.17) is 17.3 Å². The van der Waals surface area contributed by atoms with Crippen molar-refractivity contribution >= 4 is 40.1 Å². The second-order valence-electron chi connectivity index (χ2n) is 4.28. The molecule has 1 atom stereocenters. The van der Waals surface area contributed by atoms with Gasteiger partial charge in [-0.3, -0.25) is 4.79 Å². The number of nitrogens with one attached hydrogen (secondary N) is 1. The van der Waals surface area contributed by atoms with Gasteiger partial charge >= 0.3 is 0 Å². The second kappa shape index (κ2) is 5.54. The SMILES string of the molecule is NCC(NC(=O)c1ccc(I)c(Cl)c1)C1CC1. The third kappa shape index (κ3) is 3.33. The van der Waals surface area contributed by atoms with E-state index in [0.717, 1.165) is 16.4 Å². The van der Waals surface area contributed by atoms with Crippen molar-refractivity contribution in [3.05, 3.63) is 32.4 Å². The fourth-order valence-electron chi connectivity index (χ4n) is 1.76. The summed E-state index contributed by atoms with van der Waals surface area (Å²) < 4.78 is 0.943. The highest BCUT2D eigenvalue weighted by atomic mass is 127. The van der Waals surface area contributed by atoms with Gasteiger partial charge in [-0.2, -0.15) is 0 Å². The molecule has 0 saturated heterocycles. The lowest BCUT2D eigenvalue weighted by Gasteiger charge is -2.16. The quantitative estimate of drug-likeness (QED) is 0.806. The van der Waals surface area contributed by atoms with E-state index in [1.807, 2.05) is 6.07 Å². The Bertz CT molecular complexity index is 435. The van der Waals surface area contributed by atoms with Crippen LogP contribution in [0, 0.1) is 9.49 Å². The molecular weight excluding hydrogens is 351 g/mol. The van der Waals surface area contributed by atoms with Crippen LogP contribution in [0.25, 0.3) is 0 Å². The van der Waals surface area contributed by atoms with E-state index in [0.29, 0.717) is 23.0 Å². The van der Waals surface area contributed by atoms with Gasteiger partial charge in [0, 0.05) is 21.7 Å². The van der Waals surface area contributed by atoms with Crippen molar-refractivity contribution in [2.24, 2.45) is 11.7 Å². The Morgan fingerprint density at radius 3 is 2.82 bits per heavy atom. The molecule has 3 N–H and O–H groups in total. The van der Waals surface area contributed by atoms with Gasteiger partial charge in [-0.15, -0.1) is 0 Å². The van der Waals surface area contributed by atoms with Crippen molar-refractivity contribution in [3.63, 3.8) is 0 Å². The molecule has 0 radical (unpaired) electrons. The van der Waals surface area contributed by atoms with Crippen LogP contribution in [0.4, 0.5) is 0 Å². The zero-order valence-electron chi connectivity index (χ0n) is 9.25. The van der Waals surface area contributed by atoms with Crippen LogP contribution >= 0.6 is 34.2 Å². The van der Waals surface area contributed by atoms with Crippen molar-refractivity contribution in [1.82, 2.24) is 5.32 Å². The minimum absolute atomic E-state index is 0.0920. The van der Waals surface area contributed by atoms with Gasteiger partial charge in [0.1, 0.15) is 0 Å². The highest BCUT2D eigenvalue weighted by Crippen LogP contribution is 2.32. The minimum Gasteiger partial charge on any atom is -0.348 e. The van der Waals surface area contributed by atoms with Crippen LogP contribution in [0.15, 0.2) is 18.2 Å². The molecule has 1 saturated carbocycles. The standard InChI is InChI=1S/C12H14ClIN2O/c13-9-5-8(3-4-10(9)14)12(17)16-11(6-15)7-1-2-7/h3-5,7,11H,1-2,6,15H2,(H,16,17). The van der Waals surface area contributed by atoms with Gasteiger partial charge in [-0.1, -0.05) is 11.6 Å². The van der Waals surface area contributed by atoms with E-state index in [1.165, 1.54) is 0 Å². The van der Waals surface area contributed by atoms with E-state index in [9.17, 15) is 4.79 Å². The minimum atomic E-state index is -0.0920. The molecule has 1 amide bonds. The maximum Gasteiger partial charge on any atom is 0.251 e. The third-order valence-electron chi connectivity index (χ3n) is 2.94. The Balaban J connectivity index is 2.05. The predicted octanol–water partition coefficient (Wildman–Crippen LogP) is 2.41. The topological polar surface area (TPSA) is 55.1 Å². The number of nitrogens with two attached hydrogens (primary N) is 1. The van der Waals surface area contributed by atoms with E-state index >= 15 is 0 Å². The van der Waals surface area contributed by atoms with Gasteiger partial charge in [0.05, 0.1) is 5.02 Å². The molecule has 3 nitrogen and oxygen atoms in total. The molecule has 1 unspecified atom stereocenters. The van der Waals surface area contributed by atoms with Crippen LogP contribution in [0.3, 0.4) is 0 Å². The Morgan fingerprint density at radius 1 is 1.59 bits per heavy atom. The lowest BCUT2D eigenvalue weighted by molar-refractivity contribution is 0.0933. The van der Waals surface area contributed by atoms with Crippen LogP contribution in [-0.4, -0.2) is 18.5 Å². The fraction of sp³-hybridized carbons (Fsp3) is 0.417. The maximum absolute atomic E-state index is 12.0. The van der Waals surface area contributed by atoms with E-state index < -0.39 is 0 Å². The molecule has 0 spiro atoms. The van der Waals surface area contributed by atoms with Crippen molar-refractivity contribution in [3.8, 4) is 0 Å². The molecule has 0 heterocycles. The number of hydrogen-bond acceptors (Lipinski definition) is 2. The van der Waals surface area contributed by atoms with Crippen molar-refractivity contribution in [1.29, 1.82) is 0 Å². The molecule has 92 valence electrons. The van der Waals surface area contributed by atoms with Gasteiger partial charge in [0.15, 0.2) is 0 Å². The van der Waals surface area contributed by atoms with Gasteiger partial charge in [-0.25, -0.2) is 0 Å².